The summed E-state index contributed by atoms with van der Waals surface area (Å²) < 4.78 is 30.1. The Bertz CT molecular complexity index is 279. The molecule has 0 spiro atoms. The summed E-state index contributed by atoms with van der Waals surface area (Å²) in [4.78, 5) is 0. The molecule has 5 nitrogen and oxygen atoms in total. The van der Waals surface area contributed by atoms with E-state index < -0.39 is 10.0 Å². The van der Waals surface area contributed by atoms with Crippen molar-refractivity contribution in [3.05, 3.63) is 0 Å². The van der Waals surface area contributed by atoms with Crippen molar-refractivity contribution in [1.82, 2.24) is 4.31 Å². The van der Waals surface area contributed by atoms with E-state index in [-0.39, 0.29) is 12.4 Å². The van der Waals surface area contributed by atoms with Gasteiger partial charge in [0, 0.05) is 19.7 Å². The zero-order valence-electron chi connectivity index (χ0n) is 9.18. The summed E-state index contributed by atoms with van der Waals surface area (Å²) in [5.74, 6) is 0.407. The van der Waals surface area contributed by atoms with Gasteiger partial charge in [0.05, 0.1) is 12.4 Å². The Hall–Kier alpha value is -0.170. The molecule has 1 aliphatic heterocycles. The van der Waals surface area contributed by atoms with E-state index in [0.717, 1.165) is 6.42 Å². The van der Waals surface area contributed by atoms with Gasteiger partial charge in [-0.25, -0.2) is 12.7 Å². The summed E-state index contributed by atoms with van der Waals surface area (Å²) in [6, 6.07) is 0. The molecule has 1 aliphatic rings. The highest BCUT2D eigenvalue weighted by atomic mass is 32.2. The first-order chi connectivity index (χ1) is 7.10. The van der Waals surface area contributed by atoms with E-state index in [1.54, 1.807) is 0 Å². The van der Waals surface area contributed by atoms with Crippen LogP contribution < -0.4 is 5.73 Å². The first-order valence-corrected chi connectivity index (χ1v) is 6.96. The second-order valence-electron chi connectivity index (χ2n) is 3.76. The summed E-state index contributed by atoms with van der Waals surface area (Å²) in [6.07, 6.45) is 0.879. The summed E-state index contributed by atoms with van der Waals surface area (Å²) in [7, 11) is -3.12. The van der Waals surface area contributed by atoms with Gasteiger partial charge in [-0.1, -0.05) is 0 Å². The van der Waals surface area contributed by atoms with Crippen molar-refractivity contribution >= 4 is 10.0 Å². The highest BCUT2D eigenvalue weighted by molar-refractivity contribution is 7.89. The van der Waals surface area contributed by atoms with Crippen LogP contribution in [0.15, 0.2) is 0 Å². The number of sulfonamides is 1. The number of hydrogen-bond acceptors (Lipinski definition) is 4. The van der Waals surface area contributed by atoms with E-state index in [1.165, 1.54) is 4.31 Å². The van der Waals surface area contributed by atoms with E-state index in [0.29, 0.717) is 32.2 Å². The smallest absolute Gasteiger partial charge is 0.216 e. The molecule has 0 aromatic carbocycles. The third kappa shape index (κ3) is 3.71. The second-order valence-corrected chi connectivity index (χ2v) is 5.85. The van der Waals surface area contributed by atoms with Gasteiger partial charge in [-0.05, 0) is 25.8 Å². The molecule has 1 rings (SSSR count). The summed E-state index contributed by atoms with van der Waals surface area (Å²) >= 11 is 0. The fourth-order valence-electron chi connectivity index (χ4n) is 1.68. The number of nitrogens with two attached hydrogens (primary N) is 1. The van der Waals surface area contributed by atoms with E-state index in [1.807, 2.05) is 6.92 Å². The largest absolute Gasteiger partial charge is 0.381 e. The zero-order chi connectivity index (χ0) is 11.3. The molecule has 1 atom stereocenters. The van der Waals surface area contributed by atoms with E-state index >= 15 is 0 Å². The van der Waals surface area contributed by atoms with E-state index in [4.69, 9.17) is 10.5 Å². The molecule has 0 saturated carbocycles. The van der Waals surface area contributed by atoms with Crippen LogP contribution in [0.2, 0.25) is 0 Å². The van der Waals surface area contributed by atoms with E-state index in [2.05, 4.69) is 0 Å². The molecule has 0 aromatic heterocycles. The third-order valence-corrected chi connectivity index (χ3v) is 4.47. The van der Waals surface area contributed by atoms with Crippen LogP contribution in [0.5, 0.6) is 0 Å². The zero-order valence-corrected chi connectivity index (χ0v) is 10.0. The lowest BCUT2D eigenvalue weighted by molar-refractivity contribution is 0.162. The first-order valence-electron chi connectivity index (χ1n) is 5.35. The van der Waals surface area contributed by atoms with Gasteiger partial charge in [0.1, 0.15) is 0 Å². The van der Waals surface area contributed by atoms with Crippen LogP contribution in [0.4, 0.5) is 0 Å². The van der Waals surface area contributed by atoms with Crippen LogP contribution in [0, 0.1) is 5.92 Å². The minimum atomic E-state index is -3.12. The van der Waals surface area contributed by atoms with Crippen molar-refractivity contribution in [2.45, 2.75) is 13.3 Å². The van der Waals surface area contributed by atoms with Gasteiger partial charge in [-0.3, -0.25) is 0 Å². The van der Waals surface area contributed by atoms with Gasteiger partial charge in [0.25, 0.3) is 0 Å². The lowest BCUT2D eigenvalue weighted by atomic mass is 10.1. The molecule has 0 aliphatic carbocycles. The Balaban J connectivity index is 2.41. The molecule has 15 heavy (non-hydrogen) atoms. The van der Waals surface area contributed by atoms with Crippen molar-refractivity contribution in [2.24, 2.45) is 11.7 Å². The third-order valence-electron chi connectivity index (χ3n) is 2.67. The van der Waals surface area contributed by atoms with Gasteiger partial charge in [-0.2, -0.15) is 0 Å². The Labute approximate surface area is 91.6 Å². The lowest BCUT2D eigenvalue weighted by Crippen LogP contribution is -2.33. The molecule has 2 N–H and O–H groups in total. The van der Waals surface area contributed by atoms with Gasteiger partial charge in [0.15, 0.2) is 0 Å². The van der Waals surface area contributed by atoms with Crippen LogP contribution in [-0.4, -0.2) is 51.3 Å². The predicted octanol–water partition coefficient (Wildman–Crippen LogP) is -0.367. The van der Waals surface area contributed by atoms with Crippen LogP contribution in [0.25, 0.3) is 0 Å². The molecule has 1 saturated heterocycles. The van der Waals surface area contributed by atoms with Gasteiger partial charge >= 0.3 is 0 Å². The Morgan fingerprint density at radius 3 is 2.80 bits per heavy atom. The summed E-state index contributed by atoms with van der Waals surface area (Å²) in [5.41, 5.74) is 5.51. The van der Waals surface area contributed by atoms with Crippen molar-refractivity contribution in [3.63, 3.8) is 0 Å². The summed E-state index contributed by atoms with van der Waals surface area (Å²) in [5, 5.41) is 0. The average molecular weight is 236 g/mol. The van der Waals surface area contributed by atoms with E-state index in [9.17, 15) is 8.42 Å². The fourth-order valence-corrected chi connectivity index (χ4v) is 3.09. The summed E-state index contributed by atoms with van der Waals surface area (Å²) in [6.45, 7) is 4.44. The molecule has 90 valence electrons. The fraction of sp³-hybridized carbons (Fsp3) is 1.00. The van der Waals surface area contributed by atoms with Crippen LogP contribution in [-0.2, 0) is 14.8 Å². The molecule has 0 bridgehead atoms. The predicted molar refractivity (Wildman–Crippen MR) is 59.0 cm³/mol. The van der Waals surface area contributed by atoms with Crippen molar-refractivity contribution < 1.29 is 13.2 Å². The molecule has 1 fully saturated rings. The molecule has 0 radical (unpaired) electrons. The minimum Gasteiger partial charge on any atom is -0.381 e. The first kappa shape index (κ1) is 12.9. The SMILES string of the molecule is CCOCCS(=O)(=O)N1CCC(CN)C1. The molecule has 1 heterocycles. The van der Waals surface area contributed by atoms with Crippen molar-refractivity contribution in [2.75, 3.05) is 38.6 Å². The topological polar surface area (TPSA) is 72.6 Å². The van der Waals surface area contributed by atoms with Crippen LogP contribution in [0.3, 0.4) is 0 Å². The maximum Gasteiger partial charge on any atom is 0.216 e. The monoisotopic (exact) mass is 236 g/mol. The molecule has 1 unspecified atom stereocenters. The Morgan fingerprint density at radius 2 is 2.27 bits per heavy atom. The maximum atomic E-state index is 11.8. The maximum absolute atomic E-state index is 11.8. The normalized spacial score (nSPS) is 23.5. The van der Waals surface area contributed by atoms with Gasteiger partial charge in [-0.15, -0.1) is 0 Å². The molecule has 6 heteroatoms. The van der Waals surface area contributed by atoms with Gasteiger partial charge < -0.3 is 10.5 Å². The number of ether oxygens (including phenoxy) is 1. The average Bonchev–Trinajstić information content (AvgIpc) is 2.66. The quantitative estimate of drug-likeness (QED) is 0.639. The van der Waals surface area contributed by atoms with Crippen molar-refractivity contribution in [3.8, 4) is 0 Å². The Morgan fingerprint density at radius 1 is 1.53 bits per heavy atom. The highest BCUT2D eigenvalue weighted by Crippen LogP contribution is 2.18. The lowest BCUT2D eigenvalue weighted by Gasteiger charge is -2.16. The highest BCUT2D eigenvalue weighted by Gasteiger charge is 2.30. The molecule has 0 aromatic rings. The van der Waals surface area contributed by atoms with Crippen molar-refractivity contribution in [1.29, 1.82) is 0 Å². The number of hydrogen-bond donors (Lipinski definition) is 1. The number of nitrogens with zero attached hydrogens (tertiary/aromatic N) is 1. The molecule has 0 amide bonds. The van der Waals surface area contributed by atoms with Crippen LogP contribution >= 0.6 is 0 Å². The van der Waals surface area contributed by atoms with Gasteiger partial charge in [0.2, 0.25) is 10.0 Å². The molecular formula is C9H20N2O3S. The van der Waals surface area contributed by atoms with Crippen LogP contribution in [0.1, 0.15) is 13.3 Å². The minimum absolute atomic E-state index is 0.0815. The molecular weight excluding hydrogens is 216 g/mol. The second kappa shape index (κ2) is 5.79. The number of rotatable bonds is 6. The Kier molecular flexibility index (Phi) is 4.98. The standard InChI is InChI=1S/C9H20N2O3S/c1-2-14-5-6-15(12,13)11-4-3-9(7-10)8-11/h9H,2-8,10H2,1H3.